The molecular formula is C26H39F3N2O7S. The van der Waals surface area contributed by atoms with Gasteiger partial charge in [0.15, 0.2) is 0 Å². The van der Waals surface area contributed by atoms with Crippen molar-refractivity contribution < 1.29 is 44.8 Å². The summed E-state index contributed by atoms with van der Waals surface area (Å²) in [6, 6.07) is -0.321. The van der Waals surface area contributed by atoms with Gasteiger partial charge in [-0.2, -0.15) is 21.6 Å². The van der Waals surface area contributed by atoms with E-state index in [-0.39, 0.29) is 24.3 Å². The maximum absolute atomic E-state index is 12.4. The van der Waals surface area contributed by atoms with Crippen molar-refractivity contribution in [1.29, 1.82) is 0 Å². The summed E-state index contributed by atoms with van der Waals surface area (Å²) in [5, 5.41) is 0. The summed E-state index contributed by atoms with van der Waals surface area (Å²) in [4.78, 5) is 27.6. The number of amides is 2. The molecule has 0 saturated carbocycles. The van der Waals surface area contributed by atoms with Crippen LogP contribution in [0.15, 0.2) is 23.5 Å². The standard InChI is InChI=1S/C13H18F3NO5S.C13H21NO2/c1-12(2,3)21-11(18)17-8-4-5-9(17)7-10(6-8)22-23(19,20)13(14,15)16;1-9-7-10-5-6-11(8-9)14(10)12(15)16-13(2,3)4/h6,8-9H,4-5,7H2,1-3H3;7,10-11H,5-6,8H2,1-4H3. The Labute approximate surface area is 228 Å². The summed E-state index contributed by atoms with van der Waals surface area (Å²) in [6.45, 7) is 13.0. The van der Waals surface area contributed by atoms with Gasteiger partial charge in [0.05, 0.1) is 12.1 Å². The van der Waals surface area contributed by atoms with Crippen LogP contribution < -0.4 is 0 Å². The zero-order chi connectivity index (χ0) is 29.6. The molecule has 0 spiro atoms. The molecule has 4 heterocycles. The highest BCUT2D eigenvalue weighted by atomic mass is 32.2. The number of carbonyl (C=O) groups is 2. The lowest BCUT2D eigenvalue weighted by Gasteiger charge is -2.34. The van der Waals surface area contributed by atoms with E-state index >= 15 is 0 Å². The van der Waals surface area contributed by atoms with Gasteiger partial charge in [0.1, 0.15) is 17.0 Å². The van der Waals surface area contributed by atoms with Gasteiger partial charge in [-0.1, -0.05) is 11.6 Å². The number of hydrogen-bond donors (Lipinski definition) is 0. The lowest BCUT2D eigenvalue weighted by Crippen LogP contribution is -2.46. The van der Waals surface area contributed by atoms with E-state index in [0.717, 1.165) is 19.3 Å². The van der Waals surface area contributed by atoms with Crippen molar-refractivity contribution in [2.75, 3.05) is 0 Å². The van der Waals surface area contributed by atoms with Gasteiger partial charge in [0.25, 0.3) is 0 Å². The Morgan fingerprint density at radius 2 is 1.23 bits per heavy atom. The number of fused-ring (bicyclic) bond motifs is 4. The van der Waals surface area contributed by atoms with Crippen LogP contribution in [-0.4, -0.2) is 71.3 Å². The van der Waals surface area contributed by atoms with E-state index in [9.17, 15) is 31.2 Å². The van der Waals surface area contributed by atoms with Crippen molar-refractivity contribution in [3.05, 3.63) is 23.5 Å². The molecule has 4 aliphatic heterocycles. The molecule has 4 atom stereocenters. The number of nitrogens with zero attached hydrogens (tertiary/aromatic N) is 2. The molecule has 2 fully saturated rings. The molecule has 4 bridgehead atoms. The molecule has 39 heavy (non-hydrogen) atoms. The number of rotatable bonds is 2. The third-order valence-electron chi connectivity index (χ3n) is 6.65. The van der Waals surface area contributed by atoms with E-state index in [2.05, 4.69) is 17.2 Å². The van der Waals surface area contributed by atoms with Crippen LogP contribution in [0.3, 0.4) is 0 Å². The van der Waals surface area contributed by atoms with Crippen molar-refractivity contribution >= 4 is 22.3 Å². The smallest absolute Gasteiger partial charge is 0.444 e. The first-order valence-electron chi connectivity index (χ1n) is 13.1. The molecule has 0 aromatic carbocycles. The van der Waals surface area contributed by atoms with E-state index in [1.165, 1.54) is 16.5 Å². The van der Waals surface area contributed by atoms with Gasteiger partial charge in [0, 0.05) is 18.5 Å². The summed E-state index contributed by atoms with van der Waals surface area (Å²) in [7, 11) is -5.69. The molecule has 0 aliphatic carbocycles. The SMILES string of the molecule is CC(C)(C)OC(=O)N1C2C=C(OS(=O)(=O)C(F)(F)F)CC1CC2.CC1=CC2CCC(C1)N2C(=O)OC(C)(C)C. The highest BCUT2D eigenvalue weighted by molar-refractivity contribution is 7.87. The predicted octanol–water partition coefficient (Wildman–Crippen LogP) is 6.01. The minimum Gasteiger partial charge on any atom is -0.444 e. The molecule has 222 valence electrons. The van der Waals surface area contributed by atoms with Crippen LogP contribution in [0.2, 0.25) is 0 Å². The highest BCUT2D eigenvalue weighted by Gasteiger charge is 2.50. The fraction of sp³-hybridized carbons (Fsp3) is 0.769. The van der Waals surface area contributed by atoms with Gasteiger partial charge in [-0.25, -0.2) is 9.59 Å². The van der Waals surface area contributed by atoms with Gasteiger partial charge in [-0.15, -0.1) is 0 Å². The average Bonchev–Trinajstić information content (AvgIpc) is 3.15. The summed E-state index contributed by atoms with van der Waals surface area (Å²) in [5.74, 6) is -0.283. The Morgan fingerprint density at radius 3 is 1.62 bits per heavy atom. The van der Waals surface area contributed by atoms with Crippen molar-refractivity contribution in [3.8, 4) is 0 Å². The van der Waals surface area contributed by atoms with Crippen LogP contribution in [-0.2, 0) is 23.8 Å². The van der Waals surface area contributed by atoms with Crippen LogP contribution in [0.1, 0.15) is 87.0 Å². The fourth-order valence-electron chi connectivity index (χ4n) is 5.28. The average molecular weight is 581 g/mol. The van der Waals surface area contributed by atoms with Gasteiger partial charge in [0.2, 0.25) is 0 Å². The zero-order valence-electron chi connectivity index (χ0n) is 23.5. The van der Waals surface area contributed by atoms with Crippen LogP contribution >= 0.6 is 0 Å². The lowest BCUT2D eigenvalue weighted by molar-refractivity contribution is -0.0528. The maximum atomic E-state index is 12.4. The van der Waals surface area contributed by atoms with Crippen LogP contribution in [0, 0.1) is 0 Å². The Kier molecular flexibility index (Phi) is 8.65. The highest BCUT2D eigenvalue weighted by Crippen LogP contribution is 2.38. The topological polar surface area (TPSA) is 102 Å². The van der Waals surface area contributed by atoms with Crippen molar-refractivity contribution in [2.45, 2.75) is 128 Å². The molecule has 0 N–H and O–H groups in total. The first kappa shape index (κ1) is 31.1. The first-order valence-corrected chi connectivity index (χ1v) is 14.5. The monoisotopic (exact) mass is 580 g/mol. The molecule has 4 rings (SSSR count). The van der Waals surface area contributed by atoms with E-state index in [0.29, 0.717) is 18.9 Å². The van der Waals surface area contributed by atoms with Crippen LogP contribution in [0.4, 0.5) is 22.8 Å². The third-order valence-corrected chi connectivity index (χ3v) is 7.65. The van der Waals surface area contributed by atoms with E-state index < -0.39 is 45.0 Å². The van der Waals surface area contributed by atoms with Gasteiger partial charge in [-0.3, -0.25) is 9.80 Å². The summed E-state index contributed by atoms with van der Waals surface area (Å²) < 4.78 is 74.1. The van der Waals surface area contributed by atoms with Crippen LogP contribution in [0.25, 0.3) is 0 Å². The van der Waals surface area contributed by atoms with Gasteiger partial charge < -0.3 is 13.7 Å². The molecule has 13 heteroatoms. The molecular weight excluding hydrogens is 541 g/mol. The number of halogens is 3. The normalized spacial score (nSPS) is 26.7. The third kappa shape index (κ3) is 7.82. The first-order chi connectivity index (χ1) is 17.7. The molecule has 2 amide bonds. The van der Waals surface area contributed by atoms with Crippen molar-refractivity contribution in [1.82, 2.24) is 9.80 Å². The Bertz CT molecular complexity index is 1120. The van der Waals surface area contributed by atoms with Gasteiger partial charge >= 0.3 is 27.8 Å². The second-order valence-electron chi connectivity index (χ2n) is 12.4. The molecule has 2 saturated heterocycles. The van der Waals surface area contributed by atoms with Crippen molar-refractivity contribution in [2.24, 2.45) is 0 Å². The minimum absolute atomic E-state index is 0.0922. The summed E-state index contributed by atoms with van der Waals surface area (Å²) in [6.07, 6.45) is 6.91. The molecule has 4 aliphatic rings. The van der Waals surface area contributed by atoms with E-state index in [1.54, 1.807) is 20.8 Å². The van der Waals surface area contributed by atoms with E-state index in [4.69, 9.17) is 9.47 Å². The molecule has 9 nitrogen and oxygen atoms in total. The largest absolute Gasteiger partial charge is 0.534 e. The number of hydrogen-bond acceptors (Lipinski definition) is 7. The molecule has 0 aromatic rings. The minimum atomic E-state index is -5.69. The summed E-state index contributed by atoms with van der Waals surface area (Å²) >= 11 is 0. The predicted molar refractivity (Wildman–Crippen MR) is 137 cm³/mol. The zero-order valence-corrected chi connectivity index (χ0v) is 24.3. The Balaban J connectivity index is 0.000000230. The molecule has 0 radical (unpaired) electrons. The Morgan fingerprint density at radius 1 is 0.795 bits per heavy atom. The number of ether oxygens (including phenoxy) is 2. The fourth-order valence-corrected chi connectivity index (χ4v) is 5.78. The lowest BCUT2D eigenvalue weighted by atomic mass is 10.0. The van der Waals surface area contributed by atoms with Gasteiger partial charge in [-0.05, 0) is 86.6 Å². The Hall–Kier alpha value is -2.44. The number of carbonyl (C=O) groups excluding carboxylic acids is 2. The van der Waals surface area contributed by atoms with Crippen LogP contribution in [0.5, 0.6) is 0 Å². The summed E-state index contributed by atoms with van der Waals surface area (Å²) in [5.41, 5.74) is -5.16. The van der Waals surface area contributed by atoms with E-state index in [1.807, 2.05) is 25.7 Å². The second-order valence-corrected chi connectivity index (χ2v) is 13.9. The second kappa shape index (κ2) is 10.9. The molecule has 0 aromatic heterocycles. The maximum Gasteiger partial charge on any atom is 0.534 e. The molecule has 4 unspecified atom stereocenters. The quantitative estimate of drug-likeness (QED) is 0.224. The van der Waals surface area contributed by atoms with Crippen molar-refractivity contribution in [3.63, 3.8) is 0 Å². The number of alkyl halides is 3.